The van der Waals surface area contributed by atoms with E-state index in [0.717, 1.165) is 18.7 Å². The lowest BCUT2D eigenvalue weighted by molar-refractivity contribution is 0.297. The lowest BCUT2D eigenvalue weighted by atomic mass is 10.1. The van der Waals surface area contributed by atoms with Gasteiger partial charge in [0.25, 0.3) is 0 Å². The maximum Gasteiger partial charge on any atom is 0.244 e. The van der Waals surface area contributed by atoms with Crippen molar-refractivity contribution in [3.05, 3.63) is 23.7 Å². The average Bonchev–Trinajstić information content (AvgIpc) is 3.00. The Hall–Kier alpha value is -1.62. The first-order chi connectivity index (χ1) is 8.75. The Morgan fingerprint density at radius 2 is 2.28 bits per heavy atom. The second-order valence-electron chi connectivity index (χ2n) is 4.88. The van der Waals surface area contributed by atoms with E-state index in [0.29, 0.717) is 11.7 Å². The third-order valence-corrected chi connectivity index (χ3v) is 3.65. The molecule has 5 nitrogen and oxygen atoms in total. The molecular formula is C13H18N4O. The second kappa shape index (κ2) is 4.57. The van der Waals surface area contributed by atoms with Crippen LogP contribution in [0.3, 0.4) is 0 Å². The Labute approximate surface area is 106 Å². The number of nitrogens with zero attached hydrogens (tertiary/aromatic N) is 3. The first-order valence-electron chi connectivity index (χ1n) is 6.45. The van der Waals surface area contributed by atoms with Gasteiger partial charge in [0.1, 0.15) is 0 Å². The first-order valence-corrected chi connectivity index (χ1v) is 6.45. The Balaban J connectivity index is 1.87. The Morgan fingerprint density at radius 3 is 2.94 bits per heavy atom. The molecule has 1 atom stereocenters. The molecule has 3 rings (SSSR count). The summed E-state index contributed by atoms with van der Waals surface area (Å²) in [6, 6.07) is 4.31. The van der Waals surface area contributed by atoms with Crippen molar-refractivity contribution >= 4 is 0 Å². The third-order valence-electron chi connectivity index (χ3n) is 3.65. The number of hydrogen-bond acceptors (Lipinski definition) is 4. The van der Waals surface area contributed by atoms with Gasteiger partial charge in [0.05, 0.1) is 11.7 Å². The van der Waals surface area contributed by atoms with E-state index >= 15 is 0 Å². The Kier molecular flexibility index (Phi) is 2.91. The Morgan fingerprint density at radius 1 is 1.39 bits per heavy atom. The van der Waals surface area contributed by atoms with Gasteiger partial charge < -0.3 is 14.4 Å². The molecule has 0 amide bonds. The van der Waals surface area contributed by atoms with Gasteiger partial charge in [-0.2, -0.15) is 4.98 Å². The molecule has 1 fully saturated rings. The Bertz CT molecular complexity index is 537. The smallest absolute Gasteiger partial charge is 0.244 e. The van der Waals surface area contributed by atoms with Gasteiger partial charge in [-0.1, -0.05) is 11.6 Å². The van der Waals surface area contributed by atoms with Crippen LogP contribution in [0.4, 0.5) is 0 Å². The van der Waals surface area contributed by atoms with Crippen LogP contribution in [-0.2, 0) is 7.05 Å². The van der Waals surface area contributed by atoms with Crippen LogP contribution < -0.4 is 5.32 Å². The van der Waals surface area contributed by atoms with Crippen LogP contribution >= 0.6 is 0 Å². The molecule has 0 radical (unpaired) electrons. The number of aromatic nitrogens is 3. The maximum atomic E-state index is 5.39. The minimum Gasteiger partial charge on any atom is -0.345 e. The van der Waals surface area contributed by atoms with E-state index in [1.165, 1.54) is 18.5 Å². The highest BCUT2D eigenvalue weighted by molar-refractivity contribution is 5.50. The number of rotatable bonds is 2. The highest BCUT2D eigenvalue weighted by Crippen LogP contribution is 2.24. The van der Waals surface area contributed by atoms with Crippen molar-refractivity contribution in [3.63, 3.8) is 0 Å². The zero-order chi connectivity index (χ0) is 12.5. The molecule has 3 heterocycles. The van der Waals surface area contributed by atoms with E-state index < -0.39 is 0 Å². The van der Waals surface area contributed by atoms with Crippen molar-refractivity contribution in [1.29, 1.82) is 0 Å². The highest BCUT2D eigenvalue weighted by atomic mass is 16.5. The van der Waals surface area contributed by atoms with Gasteiger partial charge in [0, 0.05) is 12.7 Å². The lowest BCUT2D eigenvalue weighted by Gasteiger charge is -2.19. The summed E-state index contributed by atoms with van der Waals surface area (Å²) >= 11 is 0. The van der Waals surface area contributed by atoms with E-state index in [1.54, 1.807) is 0 Å². The fourth-order valence-corrected chi connectivity index (χ4v) is 2.38. The van der Waals surface area contributed by atoms with E-state index in [4.69, 9.17) is 4.52 Å². The first kappa shape index (κ1) is 11.5. The quantitative estimate of drug-likeness (QED) is 0.882. The largest absolute Gasteiger partial charge is 0.345 e. The van der Waals surface area contributed by atoms with Crippen LogP contribution in [0.25, 0.3) is 11.5 Å². The molecule has 1 N–H and O–H groups in total. The molecule has 0 bridgehead atoms. The minimum absolute atomic E-state index is 0.223. The second-order valence-corrected chi connectivity index (χ2v) is 4.88. The molecule has 0 aliphatic carbocycles. The van der Waals surface area contributed by atoms with Crippen LogP contribution in [0.5, 0.6) is 0 Å². The van der Waals surface area contributed by atoms with Crippen molar-refractivity contribution < 1.29 is 4.52 Å². The molecule has 0 aromatic carbocycles. The predicted molar refractivity (Wildman–Crippen MR) is 68.0 cm³/mol. The average molecular weight is 246 g/mol. The molecular weight excluding hydrogens is 228 g/mol. The van der Waals surface area contributed by atoms with Crippen LogP contribution in [0, 0.1) is 6.92 Å². The monoisotopic (exact) mass is 246 g/mol. The summed E-state index contributed by atoms with van der Waals surface area (Å²) in [5.41, 5.74) is 2.19. The predicted octanol–water partition coefficient (Wildman–Crippen LogP) is 2.20. The fourth-order valence-electron chi connectivity index (χ4n) is 2.38. The highest BCUT2D eigenvalue weighted by Gasteiger charge is 2.22. The summed E-state index contributed by atoms with van der Waals surface area (Å²) < 4.78 is 7.46. The van der Waals surface area contributed by atoms with Crippen molar-refractivity contribution in [2.45, 2.75) is 32.2 Å². The van der Waals surface area contributed by atoms with Gasteiger partial charge in [0.2, 0.25) is 11.7 Å². The van der Waals surface area contributed by atoms with E-state index in [-0.39, 0.29) is 6.04 Å². The van der Waals surface area contributed by atoms with Crippen LogP contribution in [-0.4, -0.2) is 21.3 Å². The summed E-state index contributed by atoms with van der Waals surface area (Å²) in [4.78, 5) is 4.52. The topological polar surface area (TPSA) is 55.9 Å². The van der Waals surface area contributed by atoms with Gasteiger partial charge >= 0.3 is 0 Å². The zero-order valence-electron chi connectivity index (χ0n) is 10.8. The number of aryl methyl sites for hydroxylation is 1. The zero-order valence-corrected chi connectivity index (χ0v) is 10.8. The number of hydrogen-bond donors (Lipinski definition) is 1. The summed E-state index contributed by atoms with van der Waals surface area (Å²) in [6.45, 7) is 3.10. The molecule has 1 saturated heterocycles. The molecule has 1 unspecified atom stereocenters. The fraction of sp³-hybridized carbons (Fsp3) is 0.538. The van der Waals surface area contributed by atoms with Crippen molar-refractivity contribution in [2.75, 3.05) is 6.54 Å². The SMILES string of the molecule is Cc1ccc(-c2noc(C3CCCCN3)n2)n1C. The summed E-state index contributed by atoms with van der Waals surface area (Å²) in [5.74, 6) is 1.39. The standard InChI is InChI=1S/C13H18N4O/c1-9-6-7-11(17(9)2)12-15-13(18-16-12)10-5-3-4-8-14-10/h6-7,10,14H,3-5,8H2,1-2H3. The maximum absolute atomic E-state index is 5.39. The van der Waals surface area contributed by atoms with Gasteiger partial charge in [-0.3, -0.25) is 0 Å². The molecule has 1 aliphatic rings. The van der Waals surface area contributed by atoms with Crippen LogP contribution in [0.15, 0.2) is 16.7 Å². The van der Waals surface area contributed by atoms with Crippen molar-refractivity contribution in [1.82, 2.24) is 20.0 Å². The van der Waals surface area contributed by atoms with Crippen LogP contribution in [0.2, 0.25) is 0 Å². The number of piperidine rings is 1. The molecule has 0 spiro atoms. The van der Waals surface area contributed by atoms with E-state index in [2.05, 4.69) is 33.0 Å². The third kappa shape index (κ3) is 1.95. The molecule has 0 saturated carbocycles. The molecule has 18 heavy (non-hydrogen) atoms. The summed E-state index contributed by atoms with van der Waals surface area (Å²) in [7, 11) is 2.01. The summed E-state index contributed by atoms with van der Waals surface area (Å²) in [5, 5.41) is 7.51. The number of nitrogens with one attached hydrogen (secondary N) is 1. The normalized spacial score (nSPS) is 20.2. The molecule has 1 aliphatic heterocycles. The minimum atomic E-state index is 0.223. The van der Waals surface area contributed by atoms with Gasteiger partial charge in [-0.05, 0) is 38.4 Å². The molecule has 2 aromatic heterocycles. The van der Waals surface area contributed by atoms with E-state index in [9.17, 15) is 0 Å². The van der Waals surface area contributed by atoms with Crippen molar-refractivity contribution in [3.8, 4) is 11.5 Å². The van der Waals surface area contributed by atoms with Crippen molar-refractivity contribution in [2.24, 2.45) is 7.05 Å². The van der Waals surface area contributed by atoms with E-state index in [1.807, 2.05) is 13.1 Å². The molecule has 2 aromatic rings. The van der Waals surface area contributed by atoms with Gasteiger partial charge in [-0.25, -0.2) is 0 Å². The van der Waals surface area contributed by atoms with Gasteiger partial charge in [-0.15, -0.1) is 0 Å². The van der Waals surface area contributed by atoms with Crippen LogP contribution in [0.1, 0.15) is 36.9 Å². The van der Waals surface area contributed by atoms with Gasteiger partial charge in [0.15, 0.2) is 0 Å². The summed E-state index contributed by atoms with van der Waals surface area (Å²) in [6.07, 6.45) is 3.53. The molecule has 5 heteroatoms. The molecule has 96 valence electrons. The lowest BCUT2D eigenvalue weighted by Crippen LogP contribution is -2.26.